The van der Waals surface area contributed by atoms with Crippen LogP contribution in [0.2, 0.25) is 0 Å². The number of nitrogens with zero attached hydrogens (tertiary/aromatic N) is 3. The van der Waals surface area contributed by atoms with Crippen molar-refractivity contribution in [1.82, 2.24) is 9.97 Å². The highest BCUT2D eigenvalue weighted by Crippen LogP contribution is 2.42. The van der Waals surface area contributed by atoms with E-state index in [1.165, 1.54) is 28.0 Å². The smallest absolute Gasteiger partial charge is 0.222 e. The standard InChI is InChI=1S/C15H21N5S.ClH/c1-8-2-3-11-10(4-8)12-13(21-11)14(19-15(17)18-12)20-6-9(5-16)7-20;/h8-9H,2-7,16H2,1H3,(H2,17,18,19);1H. The predicted molar refractivity (Wildman–Crippen MR) is 95.0 cm³/mol. The van der Waals surface area contributed by atoms with Crippen molar-refractivity contribution in [1.29, 1.82) is 0 Å². The summed E-state index contributed by atoms with van der Waals surface area (Å²) in [5.74, 6) is 2.74. The third-order valence-corrected chi connectivity index (χ3v) is 6.00. The number of aryl methyl sites for hydroxylation is 1. The van der Waals surface area contributed by atoms with Gasteiger partial charge in [-0.1, -0.05) is 6.92 Å². The summed E-state index contributed by atoms with van der Waals surface area (Å²) in [7, 11) is 0. The molecule has 1 aliphatic carbocycles. The Morgan fingerprint density at radius 2 is 2.09 bits per heavy atom. The minimum Gasteiger partial charge on any atom is -0.368 e. The Kier molecular flexibility index (Phi) is 4.18. The van der Waals surface area contributed by atoms with Gasteiger partial charge < -0.3 is 16.4 Å². The normalized spacial score (nSPS) is 21.4. The molecule has 4 rings (SSSR count). The molecule has 2 aliphatic rings. The van der Waals surface area contributed by atoms with Gasteiger partial charge in [0.1, 0.15) is 0 Å². The van der Waals surface area contributed by atoms with Crippen LogP contribution in [0.5, 0.6) is 0 Å². The summed E-state index contributed by atoms with van der Waals surface area (Å²) in [6.07, 6.45) is 3.57. The monoisotopic (exact) mass is 339 g/mol. The van der Waals surface area contributed by atoms with Gasteiger partial charge >= 0.3 is 0 Å². The van der Waals surface area contributed by atoms with E-state index in [0.717, 1.165) is 43.3 Å². The number of nitrogens with two attached hydrogens (primary N) is 2. The van der Waals surface area contributed by atoms with E-state index in [1.807, 2.05) is 11.3 Å². The van der Waals surface area contributed by atoms with Crippen LogP contribution >= 0.6 is 23.7 Å². The number of nitrogen functional groups attached to an aromatic ring is 1. The van der Waals surface area contributed by atoms with Crippen molar-refractivity contribution in [3.63, 3.8) is 0 Å². The zero-order valence-corrected chi connectivity index (χ0v) is 14.3. The van der Waals surface area contributed by atoms with E-state index in [2.05, 4.69) is 21.8 Å². The molecule has 1 atom stereocenters. The van der Waals surface area contributed by atoms with Crippen LogP contribution in [0.25, 0.3) is 10.2 Å². The largest absolute Gasteiger partial charge is 0.368 e. The maximum absolute atomic E-state index is 5.97. The molecule has 1 saturated heterocycles. The lowest BCUT2D eigenvalue weighted by molar-refractivity contribution is 0.418. The molecule has 0 radical (unpaired) electrons. The molecular formula is C15H22ClN5S. The minimum atomic E-state index is 0. The Labute approximate surface area is 140 Å². The molecular weight excluding hydrogens is 318 g/mol. The fourth-order valence-corrected chi connectivity index (χ4v) is 4.72. The summed E-state index contributed by atoms with van der Waals surface area (Å²) in [5.41, 5.74) is 14.2. The summed E-state index contributed by atoms with van der Waals surface area (Å²) in [4.78, 5) is 12.8. The van der Waals surface area contributed by atoms with Crippen LogP contribution < -0.4 is 16.4 Å². The number of fused-ring (bicyclic) bond motifs is 3. The highest BCUT2D eigenvalue weighted by atomic mass is 35.5. The van der Waals surface area contributed by atoms with Crippen LogP contribution in [0, 0.1) is 11.8 Å². The van der Waals surface area contributed by atoms with Crippen molar-refractivity contribution < 1.29 is 0 Å². The van der Waals surface area contributed by atoms with Gasteiger partial charge in [-0.3, -0.25) is 0 Å². The zero-order chi connectivity index (χ0) is 14.6. The topological polar surface area (TPSA) is 81.1 Å². The fourth-order valence-electron chi connectivity index (χ4n) is 3.42. The highest BCUT2D eigenvalue weighted by molar-refractivity contribution is 7.19. The molecule has 120 valence electrons. The predicted octanol–water partition coefficient (Wildman–Crippen LogP) is 2.22. The van der Waals surface area contributed by atoms with Crippen LogP contribution in [0.15, 0.2) is 0 Å². The molecule has 7 heteroatoms. The van der Waals surface area contributed by atoms with Crippen molar-refractivity contribution in [3.8, 4) is 0 Å². The van der Waals surface area contributed by atoms with Gasteiger partial charge in [0.05, 0.1) is 10.2 Å². The lowest BCUT2D eigenvalue weighted by atomic mass is 9.89. The second kappa shape index (κ2) is 5.83. The second-order valence-corrected chi connectivity index (χ2v) is 7.55. The SMILES string of the molecule is CC1CCc2sc3c(N4CC(CN)C4)nc(N)nc3c2C1.Cl. The van der Waals surface area contributed by atoms with Gasteiger partial charge in [0.25, 0.3) is 0 Å². The molecule has 1 fully saturated rings. The van der Waals surface area contributed by atoms with Gasteiger partial charge in [-0.05, 0) is 37.3 Å². The molecule has 0 saturated carbocycles. The molecule has 1 aliphatic heterocycles. The second-order valence-electron chi connectivity index (χ2n) is 6.44. The number of hydrogen-bond donors (Lipinski definition) is 2. The molecule has 0 bridgehead atoms. The first-order valence-corrected chi connectivity index (χ1v) is 8.50. The third-order valence-electron chi connectivity index (χ3n) is 4.72. The molecule has 4 N–H and O–H groups in total. The van der Waals surface area contributed by atoms with Gasteiger partial charge in [-0.2, -0.15) is 4.98 Å². The van der Waals surface area contributed by atoms with E-state index in [0.29, 0.717) is 11.9 Å². The molecule has 0 spiro atoms. The number of hydrogen-bond acceptors (Lipinski definition) is 6. The molecule has 2 aromatic heterocycles. The Hall–Kier alpha value is -1.11. The first-order chi connectivity index (χ1) is 10.2. The van der Waals surface area contributed by atoms with Crippen molar-refractivity contribution in [2.24, 2.45) is 17.6 Å². The molecule has 0 aromatic carbocycles. The number of rotatable bonds is 2. The van der Waals surface area contributed by atoms with Gasteiger partial charge in [0.2, 0.25) is 5.95 Å². The average molecular weight is 340 g/mol. The van der Waals surface area contributed by atoms with Gasteiger partial charge in [0.15, 0.2) is 5.82 Å². The van der Waals surface area contributed by atoms with E-state index < -0.39 is 0 Å². The zero-order valence-electron chi connectivity index (χ0n) is 12.7. The fraction of sp³-hybridized carbons (Fsp3) is 0.600. The summed E-state index contributed by atoms with van der Waals surface area (Å²) in [5, 5.41) is 0. The first-order valence-electron chi connectivity index (χ1n) is 7.68. The Bertz CT molecular complexity index is 695. The maximum Gasteiger partial charge on any atom is 0.222 e. The maximum atomic E-state index is 5.97. The quantitative estimate of drug-likeness (QED) is 0.876. The number of thiophene rings is 1. The molecule has 22 heavy (non-hydrogen) atoms. The number of halogens is 1. The van der Waals surface area contributed by atoms with Crippen molar-refractivity contribution in [2.45, 2.75) is 26.2 Å². The van der Waals surface area contributed by atoms with Crippen molar-refractivity contribution >= 4 is 45.7 Å². The van der Waals surface area contributed by atoms with E-state index in [1.54, 1.807) is 0 Å². The number of anilines is 2. The van der Waals surface area contributed by atoms with Gasteiger partial charge in [-0.15, -0.1) is 23.7 Å². The molecule has 1 unspecified atom stereocenters. The van der Waals surface area contributed by atoms with Crippen LogP contribution in [-0.2, 0) is 12.8 Å². The van der Waals surface area contributed by atoms with E-state index in [4.69, 9.17) is 11.5 Å². The highest BCUT2D eigenvalue weighted by Gasteiger charge is 2.30. The summed E-state index contributed by atoms with van der Waals surface area (Å²) < 4.78 is 1.22. The molecule has 0 amide bonds. The number of aromatic nitrogens is 2. The Morgan fingerprint density at radius 3 is 2.82 bits per heavy atom. The van der Waals surface area contributed by atoms with Crippen LogP contribution in [0.3, 0.4) is 0 Å². The minimum absolute atomic E-state index is 0. The summed E-state index contributed by atoms with van der Waals surface area (Å²) in [6.45, 7) is 5.04. The van der Waals surface area contributed by atoms with Crippen molar-refractivity contribution in [2.75, 3.05) is 30.3 Å². The van der Waals surface area contributed by atoms with Gasteiger partial charge in [0, 0.05) is 23.9 Å². The van der Waals surface area contributed by atoms with E-state index >= 15 is 0 Å². The van der Waals surface area contributed by atoms with Crippen LogP contribution in [0.1, 0.15) is 23.8 Å². The lowest BCUT2D eigenvalue weighted by Gasteiger charge is -2.39. The van der Waals surface area contributed by atoms with Crippen molar-refractivity contribution in [3.05, 3.63) is 10.4 Å². The molecule has 5 nitrogen and oxygen atoms in total. The van der Waals surface area contributed by atoms with Crippen LogP contribution in [-0.4, -0.2) is 29.6 Å². The Morgan fingerprint density at radius 1 is 1.32 bits per heavy atom. The van der Waals surface area contributed by atoms with E-state index in [9.17, 15) is 0 Å². The molecule has 3 heterocycles. The van der Waals surface area contributed by atoms with E-state index in [-0.39, 0.29) is 12.4 Å². The average Bonchev–Trinajstić information content (AvgIpc) is 2.76. The molecule has 2 aromatic rings. The van der Waals surface area contributed by atoms with Crippen LogP contribution in [0.4, 0.5) is 11.8 Å². The lowest BCUT2D eigenvalue weighted by Crippen LogP contribution is -2.50. The Balaban J connectivity index is 0.00000144. The summed E-state index contributed by atoms with van der Waals surface area (Å²) in [6, 6.07) is 0. The summed E-state index contributed by atoms with van der Waals surface area (Å²) >= 11 is 1.87. The first kappa shape index (κ1) is 15.8. The van der Waals surface area contributed by atoms with Gasteiger partial charge in [-0.25, -0.2) is 4.98 Å². The third kappa shape index (κ3) is 2.43.